The summed E-state index contributed by atoms with van der Waals surface area (Å²) in [4.78, 5) is 0.621. The average molecular weight is 294 g/mol. The predicted molar refractivity (Wildman–Crippen MR) is 75.5 cm³/mol. The van der Waals surface area contributed by atoms with Crippen LogP contribution in [0.3, 0.4) is 0 Å². The van der Waals surface area contributed by atoms with E-state index in [0.29, 0.717) is 20.7 Å². The summed E-state index contributed by atoms with van der Waals surface area (Å²) in [5.41, 5.74) is 0. The molecule has 0 aromatic heterocycles. The van der Waals surface area contributed by atoms with Crippen molar-refractivity contribution in [3.8, 4) is 0 Å². The van der Waals surface area contributed by atoms with Crippen LogP contribution in [0, 0.1) is 0 Å². The molecule has 0 saturated heterocycles. The van der Waals surface area contributed by atoms with Gasteiger partial charge in [-0.05, 0) is 31.7 Å². The van der Waals surface area contributed by atoms with E-state index in [-0.39, 0.29) is 6.04 Å². The van der Waals surface area contributed by atoms with Crippen molar-refractivity contribution < 1.29 is 4.21 Å². The number of benzene rings is 1. The first-order valence-electron chi connectivity index (χ1n) is 5.59. The lowest BCUT2D eigenvalue weighted by Crippen LogP contribution is -2.30. The molecule has 2 unspecified atom stereocenters. The highest BCUT2D eigenvalue weighted by atomic mass is 35.5. The van der Waals surface area contributed by atoms with Crippen LogP contribution >= 0.6 is 23.2 Å². The first-order valence-corrected chi connectivity index (χ1v) is 7.66. The molecule has 0 radical (unpaired) electrons. The first kappa shape index (κ1) is 15.0. The lowest BCUT2D eigenvalue weighted by Gasteiger charge is -2.15. The Bertz CT molecular complexity index is 398. The van der Waals surface area contributed by atoms with Crippen LogP contribution in [0.25, 0.3) is 0 Å². The van der Waals surface area contributed by atoms with E-state index >= 15 is 0 Å². The smallest absolute Gasteiger partial charge is 0.0589 e. The fourth-order valence-electron chi connectivity index (χ4n) is 1.58. The largest absolute Gasteiger partial charge is 0.316 e. The van der Waals surface area contributed by atoms with Gasteiger partial charge in [0.2, 0.25) is 0 Å². The number of hydrogen-bond acceptors (Lipinski definition) is 2. The van der Waals surface area contributed by atoms with Crippen LogP contribution in [-0.2, 0) is 10.8 Å². The van der Waals surface area contributed by atoms with Crippen molar-refractivity contribution in [2.24, 2.45) is 0 Å². The molecule has 0 spiro atoms. The maximum atomic E-state index is 12.2. The summed E-state index contributed by atoms with van der Waals surface area (Å²) in [5, 5.41) is 4.25. The van der Waals surface area contributed by atoms with Crippen molar-refractivity contribution in [1.29, 1.82) is 0 Å². The third-order valence-electron chi connectivity index (χ3n) is 2.54. The Hall–Kier alpha value is -0.0900. The summed E-state index contributed by atoms with van der Waals surface area (Å²) in [6.07, 6.45) is 2.06. The third-order valence-corrected chi connectivity index (χ3v) is 4.75. The number of halogens is 2. The lowest BCUT2D eigenvalue weighted by atomic mass is 10.2. The van der Waals surface area contributed by atoms with E-state index in [1.165, 1.54) is 0 Å². The molecule has 0 aliphatic rings. The van der Waals surface area contributed by atoms with Crippen LogP contribution in [0.5, 0.6) is 0 Å². The monoisotopic (exact) mass is 293 g/mol. The number of hydrogen-bond donors (Lipinski definition) is 1. The maximum absolute atomic E-state index is 12.2. The minimum absolute atomic E-state index is 0.246. The van der Waals surface area contributed by atoms with Crippen molar-refractivity contribution in [2.75, 3.05) is 12.8 Å². The Labute approximate surface area is 115 Å². The van der Waals surface area contributed by atoms with Crippen LogP contribution in [0.2, 0.25) is 10.0 Å². The summed E-state index contributed by atoms with van der Waals surface area (Å²) in [5.74, 6) is 0.560. The van der Waals surface area contributed by atoms with Crippen molar-refractivity contribution in [3.63, 3.8) is 0 Å². The fraction of sp³-hybridized carbons (Fsp3) is 0.500. The van der Waals surface area contributed by atoms with Crippen LogP contribution < -0.4 is 5.32 Å². The molecule has 1 aromatic rings. The zero-order chi connectivity index (χ0) is 12.8. The fourth-order valence-corrected chi connectivity index (χ4v) is 3.62. The quantitative estimate of drug-likeness (QED) is 0.870. The van der Waals surface area contributed by atoms with Crippen molar-refractivity contribution in [3.05, 3.63) is 28.2 Å². The molecule has 5 heteroatoms. The van der Waals surface area contributed by atoms with Gasteiger partial charge in [-0.15, -0.1) is 0 Å². The van der Waals surface area contributed by atoms with Gasteiger partial charge >= 0.3 is 0 Å². The topological polar surface area (TPSA) is 29.1 Å². The van der Waals surface area contributed by atoms with E-state index in [1.54, 1.807) is 18.2 Å². The van der Waals surface area contributed by atoms with Gasteiger partial charge in [0.15, 0.2) is 0 Å². The normalized spacial score (nSPS) is 14.6. The number of nitrogens with one attached hydrogen (secondary N) is 1. The molecule has 17 heavy (non-hydrogen) atoms. The molecule has 0 saturated carbocycles. The van der Waals surface area contributed by atoms with Gasteiger partial charge in [-0.3, -0.25) is 4.21 Å². The standard InChI is InChI=1S/C12H17Cl2NOS/c1-3-4-10(15-2)8-17(16)12-7-9(13)5-6-11(12)14/h5-7,10,15H,3-4,8H2,1-2H3. The SMILES string of the molecule is CCCC(CS(=O)c1cc(Cl)ccc1Cl)NC. The zero-order valence-corrected chi connectivity index (χ0v) is 12.3. The van der Waals surface area contributed by atoms with E-state index < -0.39 is 10.8 Å². The minimum atomic E-state index is -1.12. The minimum Gasteiger partial charge on any atom is -0.316 e. The van der Waals surface area contributed by atoms with Gasteiger partial charge in [-0.2, -0.15) is 0 Å². The predicted octanol–water partition coefficient (Wildman–Crippen LogP) is 3.49. The van der Waals surface area contributed by atoms with Gasteiger partial charge in [0.05, 0.1) is 20.7 Å². The molecule has 0 aliphatic carbocycles. The van der Waals surface area contributed by atoms with Crippen LogP contribution in [-0.4, -0.2) is 23.1 Å². The highest BCUT2D eigenvalue weighted by molar-refractivity contribution is 7.85. The molecular weight excluding hydrogens is 277 g/mol. The maximum Gasteiger partial charge on any atom is 0.0589 e. The lowest BCUT2D eigenvalue weighted by molar-refractivity contribution is 0.557. The summed E-state index contributed by atoms with van der Waals surface area (Å²) in [7, 11) is 0.770. The second-order valence-corrected chi connectivity index (χ2v) is 6.17. The van der Waals surface area contributed by atoms with Gasteiger partial charge in [-0.25, -0.2) is 0 Å². The highest BCUT2D eigenvalue weighted by Crippen LogP contribution is 2.24. The molecule has 1 aromatic carbocycles. The molecule has 2 atom stereocenters. The first-order chi connectivity index (χ1) is 8.08. The Morgan fingerprint density at radius 1 is 1.41 bits per heavy atom. The summed E-state index contributed by atoms with van der Waals surface area (Å²) in [6, 6.07) is 5.31. The summed E-state index contributed by atoms with van der Waals surface area (Å²) < 4.78 is 12.2. The van der Waals surface area contributed by atoms with Crippen molar-refractivity contribution in [2.45, 2.75) is 30.7 Å². The second kappa shape index (κ2) is 7.37. The summed E-state index contributed by atoms with van der Waals surface area (Å²) in [6.45, 7) is 2.11. The molecule has 0 fully saturated rings. The van der Waals surface area contributed by atoms with E-state index in [4.69, 9.17) is 23.2 Å². The molecule has 96 valence electrons. The highest BCUT2D eigenvalue weighted by Gasteiger charge is 2.14. The zero-order valence-electron chi connectivity index (χ0n) is 10.0. The molecule has 0 amide bonds. The molecule has 0 aliphatic heterocycles. The van der Waals surface area contributed by atoms with Crippen LogP contribution in [0.15, 0.2) is 23.1 Å². The van der Waals surface area contributed by atoms with Crippen molar-refractivity contribution in [1.82, 2.24) is 5.32 Å². The third kappa shape index (κ3) is 4.59. The molecule has 1 rings (SSSR count). The Balaban J connectivity index is 2.78. The Morgan fingerprint density at radius 3 is 2.71 bits per heavy atom. The average Bonchev–Trinajstić information content (AvgIpc) is 2.31. The van der Waals surface area contributed by atoms with Gasteiger partial charge < -0.3 is 5.32 Å². The van der Waals surface area contributed by atoms with E-state index in [9.17, 15) is 4.21 Å². The van der Waals surface area contributed by atoms with Gasteiger partial charge in [0, 0.05) is 16.8 Å². The molecule has 2 nitrogen and oxygen atoms in total. The molecular formula is C12H17Cl2NOS. The second-order valence-electron chi connectivity index (χ2n) is 3.86. The molecule has 0 bridgehead atoms. The Kier molecular flexibility index (Phi) is 6.49. The van der Waals surface area contributed by atoms with Gasteiger partial charge in [0.25, 0.3) is 0 Å². The van der Waals surface area contributed by atoms with Crippen molar-refractivity contribution >= 4 is 34.0 Å². The van der Waals surface area contributed by atoms with Gasteiger partial charge in [0.1, 0.15) is 0 Å². The van der Waals surface area contributed by atoms with Crippen LogP contribution in [0.1, 0.15) is 19.8 Å². The molecule has 1 N–H and O–H groups in total. The number of rotatable bonds is 6. The Morgan fingerprint density at radius 2 is 2.12 bits per heavy atom. The van der Waals surface area contributed by atoms with Crippen LogP contribution in [0.4, 0.5) is 0 Å². The van der Waals surface area contributed by atoms with Gasteiger partial charge in [-0.1, -0.05) is 36.5 Å². The summed E-state index contributed by atoms with van der Waals surface area (Å²) >= 11 is 11.9. The van der Waals surface area contributed by atoms with E-state index in [0.717, 1.165) is 12.8 Å². The van der Waals surface area contributed by atoms with E-state index in [2.05, 4.69) is 12.2 Å². The van der Waals surface area contributed by atoms with E-state index in [1.807, 2.05) is 7.05 Å². The molecule has 0 heterocycles.